The van der Waals surface area contributed by atoms with E-state index < -0.39 is 0 Å². The molecular formula is C19H24FNO3. The van der Waals surface area contributed by atoms with E-state index in [1.54, 1.807) is 25.3 Å². The van der Waals surface area contributed by atoms with Gasteiger partial charge in [-0.05, 0) is 18.6 Å². The van der Waals surface area contributed by atoms with E-state index in [4.69, 9.17) is 9.47 Å². The Morgan fingerprint density at radius 3 is 2.54 bits per heavy atom. The van der Waals surface area contributed by atoms with E-state index in [2.05, 4.69) is 5.32 Å². The van der Waals surface area contributed by atoms with Crippen LogP contribution in [-0.2, 0) is 13.2 Å². The molecule has 24 heavy (non-hydrogen) atoms. The number of halogens is 1. The van der Waals surface area contributed by atoms with Crippen LogP contribution in [0.25, 0.3) is 0 Å². The van der Waals surface area contributed by atoms with Crippen LogP contribution in [0.15, 0.2) is 42.5 Å². The third-order valence-corrected chi connectivity index (χ3v) is 3.90. The molecule has 4 nitrogen and oxygen atoms in total. The Balaban J connectivity index is 2.15. The van der Waals surface area contributed by atoms with Gasteiger partial charge in [-0.15, -0.1) is 0 Å². The number of nitrogens with one attached hydrogen (secondary N) is 1. The van der Waals surface area contributed by atoms with Gasteiger partial charge in [0.05, 0.1) is 13.7 Å². The first-order chi connectivity index (χ1) is 11.7. The summed E-state index contributed by atoms with van der Waals surface area (Å²) in [4.78, 5) is 0. The van der Waals surface area contributed by atoms with Gasteiger partial charge in [-0.1, -0.05) is 37.3 Å². The predicted octanol–water partition coefficient (Wildman–Crippen LogP) is 3.27. The second kappa shape index (κ2) is 9.25. The molecule has 0 bridgehead atoms. The normalized spacial score (nSPS) is 12.0. The van der Waals surface area contributed by atoms with Crippen molar-refractivity contribution in [3.05, 3.63) is 59.4 Å². The summed E-state index contributed by atoms with van der Waals surface area (Å²) >= 11 is 0. The zero-order chi connectivity index (χ0) is 17.4. The van der Waals surface area contributed by atoms with Crippen molar-refractivity contribution in [1.29, 1.82) is 0 Å². The summed E-state index contributed by atoms with van der Waals surface area (Å²) in [6.45, 7) is 2.74. The second-order valence-corrected chi connectivity index (χ2v) is 5.50. The van der Waals surface area contributed by atoms with Crippen LogP contribution in [0.2, 0.25) is 0 Å². The Kier molecular flexibility index (Phi) is 7.03. The van der Waals surface area contributed by atoms with E-state index in [9.17, 15) is 9.50 Å². The topological polar surface area (TPSA) is 50.7 Å². The van der Waals surface area contributed by atoms with Crippen molar-refractivity contribution in [3.63, 3.8) is 0 Å². The number of benzene rings is 2. The summed E-state index contributed by atoms with van der Waals surface area (Å²) in [6.07, 6.45) is 0.825. The number of methoxy groups -OCH3 is 1. The Hall–Kier alpha value is -2.11. The van der Waals surface area contributed by atoms with Crippen molar-refractivity contribution < 1.29 is 19.0 Å². The van der Waals surface area contributed by atoms with Crippen LogP contribution in [0.1, 0.15) is 24.5 Å². The Labute approximate surface area is 142 Å². The van der Waals surface area contributed by atoms with Gasteiger partial charge in [0.15, 0.2) is 11.5 Å². The lowest BCUT2D eigenvalue weighted by atomic mass is 10.1. The van der Waals surface area contributed by atoms with Gasteiger partial charge in [-0.2, -0.15) is 0 Å². The zero-order valence-corrected chi connectivity index (χ0v) is 14.1. The van der Waals surface area contributed by atoms with Crippen LogP contribution in [0, 0.1) is 5.82 Å². The van der Waals surface area contributed by atoms with E-state index >= 15 is 0 Å². The molecule has 0 aromatic heterocycles. The van der Waals surface area contributed by atoms with E-state index in [-0.39, 0.29) is 25.1 Å². The highest BCUT2D eigenvalue weighted by molar-refractivity contribution is 5.46. The van der Waals surface area contributed by atoms with Crippen LogP contribution in [0.4, 0.5) is 4.39 Å². The number of hydrogen-bond donors (Lipinski definition) is 2. The molecule has 0 fully saturated rings. The first kappa shape index (κ1) is 18.2. The average Bonchev–Trinajstić information content (AvgIpc) is 2.62. The molecule has 130 valence electrons. The lowest BCUT2D eigenvalue weighted by Crippen LogP contribution is -2.31. The molecule has 0 aliphatic heterocycles. The standard InChI is InChI=1S/C19H24FNO3/c1-3-16(12-22)21-11-14-8-6-10-18(23-2)19(14)24-13-15-7-4-5-9-17(15)20/h4-10,16,21-22H,3,11-13H2,1-2H3/t16-/m0/s1. The van der Waals surface area contributed by atoms with E-state index in [1.165, 1.54) is 6.07 Å². The predicted molar refractivity (Wildman–Crippen MR) is 91.7 cm³/mol. The third kappa shape index (κ3) is 4.69. The molecule has 2 aromatic carbocycles. The maximum Gasteiger partial charge on any atom is 0.166 e. The third-order valence-electron chi connectivity index (χ3n) is 3.90. The molecule has 5 heteroatoms. The molecule has 2 aromatic rings. The molecule has 2 rings (SSSR count). The van der Waals surface area contributed by atoms with Gasteiger partial charge in [0.2, 0.25) is 0 Å². The quantitative estimate of drug-likeness (QED) is 0.739. The van der Waals surface area contributed by atoms with Gasteiger partial charge >= 0.3 is 0 Å². The lowest BCUT2D eigenvalue weighted by molar-refractivity contribution is 0.236. The highest BCUT2D eigenvalue weighted by Crippen LogP contribution is 2.32. The van der Waals surface area contributed by atoms with Crippen molar-refractivity contribution in [2.24, 2.45) is 0 Å². The zero-order valence-electron chi connectivity index (χ0n) is 14.1. The fourth-order valence-electron chi connectivity index (χ4n) is 2.38. The van der Waals surface area contributed by atoms with Gasteiger partial charge < -0.3 is 19.9 Å². The van der Waals surface area contributed by atoms with Gasteiger partial charge in [0.1, 0.15) is 12.4 Å². The summed E-state index contributed by atoms with van der Waals surface area (Å²) in [5, 5.41) is 12.6. The number of aliphatic hydroxyl groups is 1. The first-order valence-corrected chi connectivity index (χ1v) is 8.05. The number of hydrogen-bond acceptors (Lipinski definition) is 4. The van der Waals surface area contributed by atoms with E-state index in [0.717, 1.165) is 12.0 Å². The smallest absolute Gasteiger partial charge is 0.166 e. The molecular weight excluding hydrogens is 309 g/mol. The van der Waals surface area contributed by atoms with Gasteiger partial charge in [0, 0.05) is 23.7 Å². The summed E-state index contributed by atoms with van der Waals surface area (Å²) in [5.41, 5.74) is 1.39. The fraction of sp³-hybridized carbons (Fsp3) is 0.368. The molecule has 0 aliphatic rings. The largest absolute Gasteiger partial charge is 0.493 e. The Morgan fingerprint density at radius 1 is 1.12 bits per heavy atom. The number of aliphatic hydroxyl groups excluding tert-OH is 1. The molecule has 0 radical (unpaired) electrons. The van der Waals surface area contributed by atoms with Gasteiger partial charge in [-0.3, -0.25) is 0 Å². The van der Waals surface area contributed by atoms with Crippen LogP contribution in [0.5, 0.6) is 11.5 Å². The molecule has 0 heterocycles. The van der Waals surface area contributed by atoms with E-state index in [1.807, 2.05) is 25.1 Å². The average molecular weight is 333 g/mol. The van der Waals surface area contributed by atoms with Gasteiger partial charge in [0.25, 0.3) is 0 Å². The second-order valence-electron chi connectivity index (χ2n) is 5.50. The molecule has 0 saturated carbocycles. The Bertz CT molecular complexity index is 644. The van der Waals surface area contributed by atoms with Crippen molar-refractivity contribution in [1.82, 2.24) is 5.32 Å². The van der Waals surface area contributed by atoms with Crippen LogP contribution >= 0.6 is 0 Å². The summed E-state index contributed by atoms with van der Waals surface area (Å²) < 4.78 is 25.0. The molecule has 1 atom stereocenters. The maximum absolute atomic E-state index is 13.8. The minimum absolute atomic E-state index is 0.0237. The fourth-order valence-corrected chi connectivity index (χ4v) is 2.38. The molecule has 0 amide bonds. The summed E-state index contributed by atoms with van der Waals surface area (Å²) in [7, 11) is 1.57. The molecule has 2 N–H and O–H groups in total. The SMILES string of the molecule is CC[C@@H](CO)NCc1cccc(OC)c1OCc1ccccc1F. The van der Waals surface area contributed by atoms with Crippen LogP contribution in [0.3, 0.4) is 0 Å². The highest BCUT2D eigenvalue weighted by atomic mass is 19.1. The van der Waals surface area contributed by atoms with Crippen molar-refractivity contribution >= 4 is 0 Å². The maximum atomic E-state index is 13.8. The Morgan fingerprint density at radius 2 is 1.88 bits per heavy atom. The summed E-state index contributed by atoms with van der Waals surface area (Å²) in [5.74, 6) is 0.893. The highest BCUT2D eigenvalue weighted by Gasteiger charge is 2.13. The number of rotatable bonds is 9. The van der Waals surface area contributed by atoms with Crippen molar-refractivity contribution in [2.45, 2.75) is 32.5 Å². The minimum Gasteiger partial charge on any atom is -0.493 e. The lowest BCUT2D eigenvalue weighted by Gasteiger charge is -2.18. The van der Waals surface area contributed by atoms with Crippen LogP contribution < -0.4 is 14.8 Å². The molecule has 0 aliphatic carbocycles. The molecule has 0 unspecified atom stereocenters. The number of ether oxygens (including phenoxy) is 2. The number of para-hydroxylation sites is 1. The molecule has 0 saturated heterocycles. The minimum atomic E-state index is -0.293. The van der Waals surface area contributed by atoms with E-state index in [0.29, 0.717) is 23.6 Å². The van der Waals surface area contributed by atoms with Gasteiger partial charge in [-0.25, -0.2) is 4.39 Å². The molecule has 0 spiro atoms. The first-order valence-electron chi connectivity index (χ1n) is 8.05. The van der Waals surface area contributed by atoms with Crippen molar-refractivity contribution in [2.75, 3.05) is 13.7 Å². The van der Waals surface area contributed by atoms with Crippen LogP contribution in [-0.4, -0.2) is 24.9 Å². The monoisotopic (exact) mass is 333 g/mol. The van der Waals surface area contributed by atoms with Crippen molar-refractivity contribution in [3.8, 4) is 11.5 Å². The summed E-state index contributed by atoms with van der Waals surface area (Å²) in [6, 6.07) is 12.2.